The number of carbonyl (C=O) groups excluding carboxylic acids is 1. The maximum Gasteiger partial charge on any atom is 0.341 e. The van der Waals surface area contributed by atoms with Crippen molar-refractivity contribution in [3.05, 3.63) is 41.3 Å². The summed E-state index contributed by atoms with van der Waals surface area (Å²) in [7, 11) is -4.83. The van der Waals surface area contributed by atoms with Gasteiger partial charge in [0.2, 0.25) is 15.7 Å². The van der Waals surface area contributed by atoms with E-state index < -0.39 is 32.3 Å². The Bertz CT molecular complexity index is 843. The fourth-order valence-corrected chi connectivity index (χ4v) is 3.28. The van der Waals surface area contributed by atoms with Gasteiger partial charge in [-0.05, 0) is 32.9 Å². The molecule has 2 rings (SSSR count). The van der Waals surface area contributed by atoms with Crippen molar-refractivity contribution in [2.75, 3.05) is 5.32 Å². The van der Waals surface area contributed by atoms with Crippen LogP contribution in [0.3, 0.4) is 0 Å². The van der Waals surface area contributed by atoms with Gasteiger partial charge in [0, 0.05) is 5.56 Å². The minimum atomic E-state index is -4.83. The van der Waals surface area contributed by atoms with Crippen LogP contribution in [0.2, 0.25) is 0 Å². The van der Waals surface area contributed by atoms with E-state index in [1.54, 1.807) is 20.8 Å². The molecule has 0 spiro atoms. The number of sulfone groups is 1. The number of amides is 1. The highest BCUT2D eigenvalue weighted by atomic mass is 32.2. The Morgan fingerprint density at radius 3 is 2.42 bits per heavy atom. The topological polar surface area (TPSA) is 89.3 Å². The molecular weight excluding hydrogens is 342 g/mol. The molecule has 1 aromatic carbocycles. The predicted octanol–water partition coefficient (Wildman–Crippen LogP) is 3.03. The van der Waals surface area contributed by atoms with Crippen LogP contribution in [0.15, 0.2) is 33.7 Å². The van der Waals surface area contributed by atoms with Gasteiger partial charge in [-0.3, -0.25) is 4.79 Å². The van der Waals surface area contributed by atoms with Crippen molar-refractivity contribution in [3.63, 3.8) is 0 Å². The lowest BCUT2D eigenvalue weighted by molar-refractivity contribution is -0.117. The number of nitrogens with zero attached hydrogens (tertiary/aromatic N) is 1. The molecule has 130 valence electrons. The maximum absolute atomic E-state index is 12.8. The van der Waals surface area contributed by atoms with E-state index >= 15 is 0 Å². The van der Waals surface area contributed by atoms with E-state index in [2.05, 4.69) is 10.5 Å². The summed E-state index contributed by atoms with van der Waals surface area (Å²) in [6.45, 7) is 4.91. The smallest absolute Gasteiger partial charge is 0.341 e. The highest BCUT2D eigenvalue weighted by Gasteiger charge is 2.30. The molecule has 1 amide bonds. The molecule has 1 aromatic heterocycles. The molecule has 0 fully saturated rings. The molecule has 0 saturated heterocycles. The summed E-state index contributed by atoms with van der Waals surface area (Å²) < 4.78 is 54.0. The molecule has 2 aromatic rings. The number of halogens is 2. The Labute approximate surface area is 137 Å². The quantitative estimate of drug-likeness (QED) is 0.887. The van der Waals surface area contributed by atoms with Gasteiger partial charge in [0.1, 0.15) is 5.76 Å². The minimum absolute atomic E-state index is 0.193. The molecule has 0 aliphatic heterocycles. The predicted molar refractivity (Wildman–Crippen MR) is 82.7 cm³/mol. The molecule has 0 aliphatic rings. The first kappa shape index (κ1) is 18.1. The van der Waals surface area contributed by atoms with Crippen molar-refractivity contribution in [2.24, 2.45) is 0 Å². The van der Waals surface area contributed by atoms with E-state index in [0.717, 1.165) is 6.07 Å². The van der Waals surface area contributed by atoms with Crippen LogP contribution in [0.5, 0.6) is 0 Å². The molecule has 6 nitrogen and oxygen atoms in total. The van der Waals surface area contributed by atoms with Crippen LogP contribution in [-0.2, 0) is 14.6 Å². The van der Waals surface area contributed by atoms with Gasteiger partial charge in [-0.15, -0.1) is 0 Å². The number of aromatic nitrogens is 1. The normalized spacial score (nSPS) is 13.1. The number of benzene rings is 1. The summed E-state index contributed by atoms with van der Waals surface area (Å²) in [5.74, 6) is -4.36. The summed E-state index contributed by atoms with van der Waals surface area (Å²) >= 11 is 0. The average Bonchev–Trinajstić information content (AvgIpc) is 2.85. The molecular formula is C15H16F2N2O4S. The summed E-state index contributed by atoms with van der Waals surface area (Å²) in [6, 6.07) is 5.04. The number of alkyl halides is 2. The lowest BCUT2D eigenvalue weighted by atomic mass is 9.98. The number of para-hydroxylation sites is 1. The Morgan fingerprint density at radius 2 is 1.88 bits per heavy atom. The summed E-state index contributed by atoms with van der Waals surface area (Å²) in [5.41, 5.74) is 0.909. The zero-order chi connectivity index (χ0) is 18.1. The fraction of sp³-hybridized carbons (Fsp3) is 0.333. The molecule has 0 saturated carbocycles. The molecule has 1 unspecified atom stereocenters. The van der Waals surface area contributed by atoms with Gasteiger partial charge < -0.3 is 9.84 Å². The summed E-state index contributed by atoms with van der Waals surface area (Å²) in [5, 5.41) is 6.15. The summed E-state index contributed by atoms with van der Waals surface area (Å²) in [6.07, 6.45) is 0. The lowest BCUT2D eigenvalue weighted by Crippen LogP contribution is -2.22. The van der Waals surface area contributed by atoms with Crippen LogP contribution in [-0.4, -0.2) is 25.2 Å². The van der Waals surface area contributed by atoms with E-state index in [9.17, 15) is 22.0 Å². The van der Waals surface area contributed by atoms with Crippen molar-refractivity contribution < 1.29 is 26.5 Å². The number of hydrogen-bond donors (Lipinski definition) is 1. The van der Waals surface area contributed by atoms with Gasteiger partial charge in [0.05, 0.1) is 22.2 Å². The van der Waals surface area contributed by atoms with Crippen molar-refractivity contribution in [3.8, 4) is 0 Å². The van der Waals surface area contributed by atoms with Crippen molar-refractivity contribution in [1.82, 2.24) is 5.16 Å². The first-order valence-electron chi connectivity index (χ1n) is 7.01. The van der Waals surface area contributed by atoms with Crippen LogP contribution in [0.1, 0.15) is 29.9 Å². The highest BCUT2D eigenvalue weighted by molar-refractivity contribution is 7.91. The molecule has 0 aliphatic carbocycles. The SMILES string of the molecule is Cc1noc(C)c1C(C)C(=O)Nc1ccccc1S(=O)(=O)C(F)F. The number of rotatable bonds is 5. The van der Waals surface area contributed by atoms with Gasteiger partial charge in [0.15, 0.2) is 0 Å². The van der Waals surface area contributed by atoms with E-state index in [1.165, 1.54) is 18.2 Å². The average molecular weight is 358 g/mol. The first-order valence-corrected chi connectivity index (χ1v) is 8.55. The number of carbonyl (C=O) groups is 1. The van der Waals surface area contributed by atoms with E-state index in [-0.39, 0.29) is 5.69 Å². The first-order chi connectivity index (χ1) is 11.2. The van der Waals surface area contributed by atoms with Gasteiger partial charge in [-0.25, -0.2) is 8.42 Å². The molecule has 1 atom stereocenters. The molecule has 1 N–H and O–H groups in total. The second-order valence-electron chi connectivity index (χ2n) is 5.25. The number of nitrogens with one attached hydrogen (secondary N) is 1. The second-order valence-corrected chi connectivity index (χ2v) is 7.14. The van der Waals surface area contributed by atoms with Crippen molar-refractivity contribution in [2.45, 2.75) is 37.3 Å². The third kappa shape index (κ3) is 3.30. The largest absolute Gasteiger partial charge is 0.361 e. The lowest BCUT2D eigenvalue weighted by Gasteiger charge is -2.15. The van der Waals surface area contributed by atoms with Crippen molar-refractivity contribution >= 4 is 21.4 Å². The van der Waals surface area contributed by atoms with Crippen LogP contribution in [0.4, 0.5) is 14.5 Å². The van der Waals surface area contributed by atoms with E-state index in [4.69, 9.17) is 4.52 Å². The Hall–Kier alpha value is -2.29. The van der Waals surface area contributed by atoms with Gasteiger partial charge in [-0.2, -0.15) is 8.78 Å². The highest BCUT2D eigenvalue weighted by Crippen LogP contribution is 2.29. The van der Waals surface area contributed by atoms with Gasteiger partial charge >= 0.3 is 5.76 Å². The summed E-state index contributed by atoms with van der Waals surface area (Å²) in [4.78, 5) is 11.8. The van der Waals surface area contributed by atoms with E-state index in [1.807, 2.05) is 0 Å². The molecule has 0 radical (unpaired) electrons. The monoisotopic (exact) mass is 358 g/mol. The molecule has 1 heterocycles. The minimum Gasteiger partial charge on any atom is -0.361 e. The zero-order valence-electron chi connectivity index (χ0n) is 13.2. The zero-order valence-corrected chi connectivity index (χ0v) is 14.0. The van der Waals surface area contributed by atoms with E-state index in [0.29, 0.717) is 17.0 Å². The Morgan fingerprint density at radius 1 is 1.25 bits per heavy atom. The second kappa shape index (κ2) is 6.68. The third-order valence-electron chi connectivity index (χ3n) is 3.60. The van der Waals surface area contributed by atoms with Crippen LogP contribution >= 0.6 is 0 Å². The van der Waals surface area contributed by atoms with Crippen LogP contribution < -0.4 is 5.32 Å². The fourth-order valence-electron chi connectivity index (χ4n) is 2.39. The molecule has 0 bridgehead atoms. The molecule has 24 heavy (non-hydrogen) atoms. The third-order valence-corrected chi connectivity index (χ3v) is 5.04. The van der Waals surface area contributed by atoms with Crippen LogP contribution in [0, 0.1) is 13.8 Å². The van der Waals surface area contributed by atoms with Crippen LogP contribution in [0.25, 0.3) is 0 Å². The Kier molecular flexibility index (Phi) is 5.02. The molecule has 9 heteroatoms. The van der Waals surface area contributed by atoms with Crippen molar-refractivity contribution in [1.29, 1.82) is 0 Å². The maximum atomic E-state index is 12.8. The van der Waals surface area contributed by atoms with Gasteiger partial charge in [-0.1, -0.05) is 17.3 Å². The standard InChI is InChI=1S/C15H16F2N2O4S/c1-8(13-9(2)19-23-10(13)3)14(20)18-11-6-4-5-7-12(11)24(21,22)15(16)17/h4-8,15H,1-3H3,(H,18,20). The number of hydrogen-bond acceptors (Lipinski definition) is 5. The number of aryl methyl sites for hydroxylation is 2. The number of anilines is 1. The van der Waals surface area contributed by atoms with Gasteiger partial charge in [0.25, 0.3) is 0 Å². The Balaban J connectivity index is 2.34.